The molecule has 2 atom stereocenters. The maximum absolute atomic E-state index is 3.55. The van der Waals surface area contributed by atoms with Gasteiger partial charge in [-0.05, 0) is 69.4 Å². The van der Waals surface area contributed by atoms with E-state index in [2.05, 4.69) is 17.1 Å². The van der Waals surface area contributed by atoms with Crippen LogP contribution in [-0.4, -0.2) is 37.1 Å². The minimum atomic E-state index is 0.926. The third-order valence-corrected chi connectivity index (χ3v) is 4.88. The first-order valence-corrected chi connectivity index (χ1v) is 7.81. The summed E-state index contributed by atoms with van der Waals surface area (Å²) in [6.07, 6.45) is 8.95. The summed E-state index contributed by atoms with van der Waals surface area (Å²) in [6, 6.07) is 0.926. The van der Waals surface area contributed by atoms with Crippen molar-refractivity contribution in [3.63, 3.8) is 0 Å². The van der Waals surface area contributed by atoms with Gasteiger partial charge in [0, 0.05) is 19.1 Å². The molecular weight excluding hydrogens is 208 g/mol. The molecular formula is C15H28N2. The van der Waals surface area contributed by atoms with Gasteiger partial charge in [-0.15, -0.1) is 0 Å². The van der Waals surface area contributed by atoms with Crippen LogP contribution in [0.25, 0.3) is 0 Å². The van der Waals surface area contributed by atoms with Gasteiger partial charge in [0.25, 0.3) is 0 Å². The molecule has 0 aromatic carbocycles. The van der Waals surface area contributed by atoms with Gasteiger partial charge < -0.3 is 5.32 Å². The van der Waals surface area contributed by atoms with Crippen molar-refractivity contribution in [2.45, 2.75) is 51.5 Å². The first-order chi connectivity index (χ1) is 8.36. The van der Waals surface area contributed by atoms with E-state index in [0.717, 1.165) is 30.3 Å². The lowest BCUT2D eigenvalue weighted by atomic mass is 9.78. The molecule has 3 saturated carbocycles. The molecule has 3 rings (SSSR count). The molecule has 3 aliphatic carbocycles. The molecule has 3 fully saturated rings. The highest BCUT2D eigenvalue weighted by molar-refractivity contribution is 4.94. The first kappa shape index (κ1) is 12.0. The van der Waals surface area contributed by atoms with Gasteiger partial charge in [0.15, 0.2) is 0 Å². The predicted octanol–water partition coefficient (Wildman–Crippen LogP) is 2.50. The van der Waals surface area contributed by atoms with E-state index >= 15 is 0 Å². The van der Waals surface area contributed by atoms with Crippen LogP contribution in [0.4, 0.5) is 0 Å². The summed E-state index contributed by atoms with van der Waals surface area (Å²) in [5, 5.41) is 3.55. The maximum atomic E-state index is 3.55. The Hall–Kier alpha value is -0.0800. The fourth-order valence-corrected chi connectivity index (χ4v) is 3.21. The number of nitrogens with one attached hydrogen (secondary N) is 1. The van der Waals surface area contributed by atoms with E-state index in [1.807, 2.05) is 0 Å². The molecule has 1 N–H and O–H groups in total. The van der Waals surface area contributed by atoms with E-state index in [1.165, 1.54) is 58.2 Å². The summed E-state index contributed by atoms with van der Waals surface area (Å²) in [6.45, 7) is 7.45. The summed E-state index contributed by atoms with van der Waals surface area (Å²) < 4.78 is 0. The first-order valence-electron chi connectivity index (χ1n) is 7.81. The SMILES string of the molecule is CCNCC1CCC1N(CC1CC1)CC1CC1. The van der Waals surface area contributed by atoms with E-state index in [4.69, 9.17) is 0 Å². The van der Waals surface area contributed by atoms with E-state index in [0.29, 0.717) is 0 Å². The van der Waals surface area contributed by atoms with Crippen LogP contribution in [0.1, 0.15) is 45.4 Å². The Balaban J connectivity index is 1.49. The van der Waals surface area contributed by atoms with Crippen molar-refractivity contribution in [2.75, 3.05) is 26.2 Å². The molecule has 0 saturated heterocycles. The zero-order chi connectivity index (χ0) is 11.7. The van der Waals surface area contributed by atoms with Crippen molar-refractivity contribution in [3.8, 4) is 0 Å². The van der Waals surface area contributed by atoms with Crippen LogP contribution in [0.5, 0.6) is 0 Å². The highest BCUT2D eigenvalue weighted by atomic mass is 15.2. The predicted molar refractivity (Wildman–Crippen MR) is 72.1 cm³/mol. The van der Waals surface area contributed by atoms with Crippen molar-refractivity contribution in [1.82, 2.24) is 10.2 Å². The van der Waals surface area contributed by atoms with Crippen molar-refractivity contribution in [1.29, 1.82) is 0 Å². The summed E-state index contributed by atoms with van der Waals surface area (Å²) in [5.74, 6) is 3.08. The van der Waals surface area contributed by atoms with Gasteiger partial charge in [-0.3, -0.25) is 4.90 Å². The lowest BCUT2D eigenvalue weighted by molar-refractivity contribution is 0.0542. The molecule has 0 aromatic rings. The Morgan fingerprint density at radius 1 is 0.941 bits per heavy atom. The highest BCUT2D eigenvalue weighted by Crippen LogP contribution is 2.39. The largest absolute Gasteiger partial charge is 0.317 e. The van der Waals surface area contributed by atoms with Crippen molar-refractivity contribution in [2.24, 2.45) is 17.8 Å². The second-order valence-electron chi connectivity index (χ2n) is 6.55. The molecule has 2 heteroatoms. The number of nitrogens with zero attached hydrogens (tertiary/aromatic N) is 1. The number of hydrogen-bond acceptors (Lipinski definition) is 2. The van der Waals surface area contributed by atoms with Crippen LogP contribution < -0.4 is 5.32 Å². The molecule has 0 radical (unpaired) electrons. The lowest BCUT2D eigenvalue weighted by Gasteiger charge is -2.45. The average Bonchev–Trinajstić information content (AvgIpc) is 3.12. The van der Waals surface area contributed by atoms with Gasteiger partial charge in [-0.25, -0.2) is 0 Å². The standard InChI is InChI=1S/C15H28N2/c1-2-16-9-14-7-8-15(14)17(10-12-3-4-12)11-13-5-6-13/h12-16H,2-11H2,1H3. The molecule has 0 heterocycles. The van der Waals surface area contributed by atoms with Crippen molar-refractivity contribution < 1.29 is 0 Å². The summed E-state index contributed by atoms with van der Waals surface area (Å²) >= 11 is 0. The zero-order valence-electron chi connectivity index (χ0n) is 11.3. The van der Waals surface area contributed by atoms with Crippen molar-refractivity contribution in [3.05, 3.63) is 0 Å². The molecule has 17 heavy (non-hydrogen) atoms. The van der Waals surface area contributed by atoms with Gasteiger partial charge >= 0.3 is 0 Å². The quantitative estimate of drug-likeness (QED) is 0.696. The Kier molecular flexibility index (Phi) is 3.72. The van der Waals surface area contributed by atoms with E-state index < -0.39 is 0 Å². The van der Waals surface area contributed by atoms with Crippen LogP contribution in [0.15, 0.2) is 0 Å². The normalized spacial score (nSPS) is 32.8. The minimum Gasteiger partial charge on any atom is -0.317 e. The molecule has 0 bridgehead atoms. The number of hydrogen-bond donors (Lipinski definition) is 1. The highest BCUT2D eigenvalue weighted by Gasteiger charge is 2.39. The topological polar surface area (TPSA) is 15.3 Å². The lowest BCUT2D eigenvalue weighted by Crippen LogP contribution is -2.51. The number of rotatable bonds is 8. The fraction of sp³-hybridized carbons (Fsp3) is 1.00. The molecule has 2 unspecified atom stereocenters. The molecule has 3 aliphatic rings. The van der Waals surface area contributed by atoms with E-state index in [9.17, 15) is 0 Å². The Labute approximate surface area is 106 Å². The monoisotopic (exact) mass is 236 g/mol. The zero-order valence-corrected chi connectivity index (χ0v) is 11.3. The second kappa shape index (κ2) is 5.27. The van der Waals surface area contributed by atoms with Crippen LogP contribution in [-0.2, 0) is 0 Å². The van der Waals surface area contributed by atoms with Gasteiger partial charge in [-0.2, -0.15) is 0 Å². The van der Waals surface area contributed by atoms with Crippen LogP contribution in [0.2, 0.25) is 0 Å². The molecule has 0 amide bonds. The maximum Gasteiger partial charge on any atom is 0.0136 e. The van der Waals surface area contributed by atoms with E-state index in [1.54, 1.807) is 0 Å². The minimum absolute atomic E-state index is 0.926. The molecule has 0 aliphatic heterocycles. The van der Waals surface area contributed by atoms with Crippen molar-refractivity contribution >= 4 is 0 Å². The smallest absolute Gasteiger partial charge is 0.0136 e. The summed E-state index contributed by atoms with van der Waals surface area (Å²) in [7, 11) is 0. The summed E-state index contributed by atoms with van der Waals surface area (Å²) in [5.41, 5.74) is 0. The van der Waals surface area contributed by atoms with Crippen LogP contribution in [0, 0.1) is 17.8 Å². The molecule has 0 spiro atoms. The molecule has 2 nitrogen and oxygen atoms in total. The van der Waals surface area contributed by atoms with Crippen LogP contribution in [0.3, 0.4) is 0 Å². The second-order valence-corrected chi connectivity index (χ2v) is 6.55. The van der Waals surface area contributed by atoms with Gasteiger partial charge in [0.1, 0.15) is 0 Å². The molecule has 0 aromatic heterocycles. The van der Waals surface area contributed by atoms with Crippen LogP contribution >= 0.6 is 0 Å². The molecule has 98 valence electrons. The summed E-state index contributed by atoms with van der Waals surface area (Å²) in [4.78, 5) is 2.88. The van der Waals surface area contributed by atoms with Gasteiger partial charge in [-0.1, -0.05) is 6.92 Å². The average molecular weight is 236 g/mol. The van der Waals surface area contributed by atoms with Gasteiger partial charge in [0.2, 0.25) is 0 Å². The third kappa shape index (κ3) is 3.23. The van der Waals surface area contributed by atoms with Gasteiger partial charge in [0.05, 0.1) is 0 Å². The van der Waals surface area contributed by atoms with E-state index in [-0.39, 0.29) is 0 Å². The third-order valence-electron chi connectivity index (χ3n) is 4.88. The Morgan fingerprint density at radius 2 is 1.59 bits per heavy atom. The fourth-order valence-electron chi connectivity index (χ4n) is 3.21. The Bertz CT molecular complexity index is 231. The Morgan fingerprint density at radius 3 is 2.00 bits per heavy atom.